The zero-order valence-corrected chi connectivity index (χ0v) is 19.0. The van der Waals surface area contributed by atoms with Crippen molar-refractivity contribution in [3.63, 3.8) is 0 Å². The Morgan fingerprint density at radius 3 is 2.55 bits per heavy atom. The number of halogens is 2. The van der Waals surface area contributed by atoms with E-state index in [1.54, 1.807) is 4.68 Å². The molecule has 1 aliphatic heterocycles. The van der Waals surface area contributed by atoms with Crippen molar-refractivity contribution in [2.75, 3.05) is 26.0 Å². The molecule has 0 bridgehead atoms. The van der Waals surface area contributed by atoms with Gasteiger partial charge in [-0.15, -0.1) is 0 Å². The first-order valence-electron chi connectivity index (χ1n) is 10.4. The summed E-state index contributed by atoms with van der Waals surface area (Å²) >= 11 is 0. The molecule has 1 aliphatic rings. The molecule has 0 unspecified atom stereocenters. The van der Waals surface area contributed by atoms with Crippen LogP contribution in [0.5, 0.6) is 0 Å². The number of hydrogen-bond acceptors (Lipinski definition) is 5. The molecule has 1 saturated heterocycles. The highest BCUT2D eigenvalue weighted by molar-refractivity contribution is 7.88. The molecule has 0 saturated carbocycles. The van der Waals surface area contributed by atoms with Gasteiger partial charge in [-0.3, -0.25) is 4.68 Å². The molecule has 1 fully saturated rings. The fourth-order valence-corrected chi connectivity index (χ4v) is 4.84. The van der Waals surface area contributed by atoms with Crippen LogP contribution in [0.2, 0.25) is 0 Å². The van der Waals surface area contributed by atoms with Crippen molar-refractivity contribution >= 4 is 10.0 Å². The molecule has 7 nitrogen and oxygen atoms in total. The first kappa shape index (κ1) is 23.8. The number of nitrogens with zero attached hydrogens (tertiary/aromatic N) is 3. The van der Waals surface area contributed by atoms with Crippen molar-refractivity contribution < 1.29 is 21.9 Å². The largest absolute Gasteiger partial charge is 0.381 e. The molecule has 0 spiro atoms. The van der Waals surface area contributed by atoms with Gasteiger partial charge in [0.2, 0.25) is 10.0 Å². The molecule has 172 valence electrons. The Kier molecular flexibility index (Phi) is 7.46. The standard InChI is InChI=1S/C21H30F2N4O3S/c1-4-8-27(31(3,28)29)15-16-12-20(23)18(13-19(16)22)21(6-10-30-11-7-21)24-14-17-5-9-26(2)25-17/h5,9,12-13,24H,4,6-8,10-11,14-15H2,1-3H3. The minimum atomic E-state index is -3.53. The maximum absolute atomic E-state index is 15.3. The van der Waals surface area contributed by atoms with Gasteiger partial charge >= 0.3 is 0 Å². The van der Waals surface area contributed by atoms with Crippen LogP contribution in [0.3, 0.4) is 0 Å². The van der Waals surface area contributed by atoms with E-state index in [0.717, 1.165) is 22.3 Å². The summed E-state index contributed by atoms with van der Waals surface area (Å²) < 4.78 is 62.6. The normalized spacial score (nSPS) is 16.7. The number of sulfonamides is 1. The zero-order valence-electron chi connectivity index (χ0n) is 18.2. The number of hydrogen-bond donors (Lipinski definition) is 1. The smallest absolute Gasteiger partial charge is 0.211 e. The molecule has 10 heteroatoms. The number of rotatable bonds is 9. The molecule has 3 rings (SSSR count). The monoisotopic (exact) mass is 456 g/mol. The Bertz CT molecular complexity index is 1000. The predicted molar refractivity (Wildman–Crippen MR) is 114 cm³/mol. The van der Waals surface area contributed by atoms with Gasteiger partial charge in [0.1, 0.15) is 11.6 Å². The van der Waals surface area contributed by atoms with Crippen LogP contribution in [-0.4, -0.2) is 48.5 Å². The van der Waals surface area contributed by atoms with Crippen molar-refractivity contribution in [2.45, 2.75) is 44.8 Å². The molecule has 0 aliphatic carbocycles. The lowest BCUT2D eigenvalue weighted by Crippen LogP contribution is -2.47. The van der Waals surface area contributed by atoms with Gasteiger partial charge in [0.15, 0.2) is 0 Å². The third kappa shape index (κ3) is 5.68. The van der Waals surface area contributed by atoms with Gasteiger partial charge in [-0.1, -0.05) is 6.92 Å². The molecule has 0 radical (unpaired) electrons. The lowest BCUT2D eigenvalue weighted by atomic mass is 9.81. The minimum Gasteiger partial charge on any atom is -0.381 e. The summed E-state index contributed by atoms with van der Waals surface area (Å²) in [5.41, 5.74) is 0.259. The third-order valence-corrected chi connectivity index (χ3v) is 6.91. The maximum atomic E-state index is 15.3. The Morgan fingerprint density at radius 1 is 1.26 bits per heavy atom. The first-order valence-corrected chi connectivity index (χ1v) is 12.2. The van der Waals surface area contributed by atoms with Crippen LogP contribution >= 0.6 is 0 Å². The summed E-state index contributed by atoms with van der Waals surface area (Å²) in [4.78, 5) is 0. The van der Waals surface area contributed by atoms with E-state index in [4.69, 9.17) is 4.74 Å². The molecule has 0 amide bonds. The molecule has 0 atom stereocenters. The van der Waals surface area contributed by atoms with Crippen molar-refractivity contribution in [1.82, 2.24) is 19.4 Å². The molecule has 1 aromatic heterocycles. The molecule has 1 aromatic carbocycles. The minimum absolute atomic E-state index is 0.0204. The second kappa shape index (κ2) is 9.72. The molecule has 1 N–H and O–H groups in total. The Hall–Kier alpha value is -1.88. The van der Waals surface area contributed by atoms with E-state index in [9.17, 15) is 8.42 Å². The molecule has 2 heterocycles. The van der Waals surface area contributed by atoms with Crippen LogP contribution < -0.4 is 5.32 Å². The number of nitrogens with one attached hydrogen (secondary N) is 1. The number of ether oxygens (including phenoxy) is 1. The van der Waals surface area contributed by atoms with Crippen molar-refractivity contribution in [2.24, 2.45) is 7.05 Å². The van der Waals surface area contributed by atoms with E-state index in [-0.39, 0.29) is 24.2 Å². The second-order valence-electron chi connectivity index (χ2n) is 8.05. The summed E-state index contributed by atoms with van der Waals surface area (Å²) in [5.74, 6) is -1.18. The Morgan fingerprint density at radius 2 is 1.97 bits per heavy atom. The highest BCUT2D eigenvalue weighted by Crippen LogP contribution is 2.35. The summed E-state index contributed by atoms with van der Waals surface area (Å²) in [7, 11) is -1.71. The topological polar surface area (TPSA) is 76.5 Å². The highest BCUT2D eigenvalue weighted by atomic mass is 32.2. The fraction of sp³-hybridized carbons (Fsp3) is 0.571. The van der Waals surface area contributed by atoms with E-state index in [1.165, 1.54) is 6.07 Å². The van der Waals surface area contributed by atoms with Gasteiger partial charge in [-0.05, 0) is 37.5 Å². The van der Waals surface area contributed by atoms with Gasteiger partial charge in [0, 0.05) is 57.2 Å². The van der Waals surface area contributed by atoms with Crippen LogP contribution in [0.4, 0.5) is 8.78 Å². The summed E-state index contributed by atoms with van der Waals surface area (Å²) in [5, 5.41) is 7.72. The fourth-order valence-electron chi connectivity index (χ4n) is 3.96. The van der Waals surface area contributed by atoms with Crippen LogP contribution in [0.15, 0.2) is 24.4 Å². The van der Waals surface area contributed by atoms with Crippen molar-refractivity contribution in [1.29, 1.82) is 0 Å². The number of benzene rings is 1. The first-order chi connectivity index (χ1) is 14.6. The molecular weight excluding hydrogens is 426 g/mol. The van der Waals surface area contributed by atoms with Crippen LogP contribution in [0.25, 0.3) is 0 Å². The lowest BCUT2D eigenvalue weighted by molar-refractivity contribution is 0.0340. The quantitative estimate of drug-likeness (QED) is 0.628. The van der Waals surface area contributed by atoms with Gasteiger partial charge in [0.05, 0.1) is 17.5 Å². The van der Waals surface area contributed by atoms with E-state index < -0.39 is 27.2 Å². The highest BCUT2D eigenvalue weighted by Gasteiger charge is 2.37. The Labute approximate surface area is 182 Å². The van der Waals surface area contributed by atoms with Gasteiger partial charge in [-0.2, -0.15) is 9.40 Å². The van der Waals surface area contributed by atoms with Crippen molar-refractivity contribution in [3.8, 4) is 0 Å². The van der Waals surface area contributed by atoms with E-state index in [1.807, 2.05) is 26.2 Å². The SMILES string of the molecule is CCCN(Cc1cc(F)c(C2(NCc3ccn(C)n3)CCOCC2)cc1F)S(C)(=O)=O. The summed E-state index contributed by atoms with van der Waals surface area (Å²) in [6, 6.07) is 4.19. The van der Waals surface area contributed by atoms with E-state index in [2.05, 4.69) is 10.4 Å². The van der Waals surface area contributed by atoms with E-state index in [0.29, 0.717) is 39.0 Å². The van der Waals surface area contributed by atoms with Crippen LogP contribution in [0.1, 0.15) is 43.0 Å². The third-order valence-electron chi connectivity index (χ3n) is 5.66. The second-order valence-corrected chi connectivity index (χ2v) is 10.0. The predicted octanol–water partition coefficient (Wildman–Crippen LogP) is 2.67. The molecule has 2 aromatic rings. The maximum Gasteiger partial charge on any atom is 0.211 e. The summed E-state index contributed by atoms with van der Waals surface area (Å²) in [6.07, 6.45) is 4.45. The van der Waals surface area contributed by atoms with Gasteiger partial charge in [-0.25, -0.2) is 17.2 Å². The van der Waals surface area contributed by atoms with Gasteiger partial charge in [0.25, 0.3) is 0 Å². The zero-order chi connectivity index (χ0) is 22.6. The molecule has 31 heavy (non-hydrogen) atoms. The summed E-state index contributed by atoms with van der Waals surface area (Å²) in [6.45, 7) is 3.14. The average Bonchev–Trinajstić information content (AvgIpc) is 3.13. The van der Waals surface area contributed by atoms with Crippen LogP contribution in [0, 0.1) is 11.6 Å². The van der Waals surface area contributed by atoms with Crippen LogP contribution in [-0.2, 0) is 40.4 Å². The average molecular weight is 457 g/mol. The number of aryl methyl sites for hydroxylation is 1. The lowest BCUT2D eigenvalue weighted by Gasteiger charge is -2.39. The number of aromatic nitrogens is 2. The van der Waals surface area contributed by atoms with Crippen molar-refractivity contribution in [3.05, 3.63) is 52.9 Å². The molecular formula is C21H30F2N4O3S. The Balaban J connectivity index is 1.90. The van der Waals surface area contributed by atoms with Gasteiger partial charge < -0.3 is 10.1 Å². The van der Waals surface area contributed by atoms with E-state index >= 15 is 8.78 Å².